The summed E-state index contributed by atoms with van der Waals surface area (Å²) in [6.45, 7) is 5.67. The lowest BCUT2D eigenvalue weighted by Crippen LogP contribution is -2.18. The quantitative estimate of drug-likeness (QED) is 0.577. The molecule has 0 atom stereocenters. The number of nitrogens with one attached hydrogen (secondary N) is 2. The van der Waals surface area contributed by atoms with Gasteiger partial charge in [-0.15, -0.1) is 4.91 Å². The number of aromatic nitrogens is 1. The zero-order valence-electron chi connectivity index (χ0n) is 9.45. The Morgan fingerprint density at radius 3 is 2.53 bits per heavy atom. The van der Waals surface area contributed by atoms with Crippen LogP contribution in [0.15, 0.2) is 23.5 Å². The van der Waals surface area contributed by atoms with E-state index in [-0.39, 0.29) is 0 Å². The summed E-state index contributed by atoms with van der Waals surface area (Å²) in [5, 5.41) is 8.84. The Labute approximate surface area is 90.3 Å². The fourth-order valence-corrected chi connectivity index (χ4v) is 0.860. The first-order valence-corrected chi connectivity index (χ1v) is 5.04. The molecule has 0 radical (unpaired) electrons. The lowest BCUT2D eigenvalue weighted by molar-refractivity contribution is 0.821. The second-order valence-corrected chi connectivity index (χ2v) is 2.52. The Hall–Kier alpha value is -1.49. The van der Waals surface area contributed by atoms with E-state index in [2.05, 4.69) is 20.8 Å². The van der Waals surface area contributed by atoms with Crippen molar-refractivity contribution < 1.29 is 0 Å². The van der Waals surface area contributed by atoms with Crippen molar-refractivity contribution in [2.24, 2.45) is 5.18 Å². The zero-order chi connectivity index (χ0) is 11.5. The molecule has 0 aliphatic carbocycles. The number of nitrogens with zero attached hydrogens (tertiary/aromatic N) is 2. The van der Waals surface area contributed by atoms with Gasteiger partial charge in [0.15, 0.2) is 0 Å². The highest BCUT2D eigenvalue weighted by molar-refractivity contribution is 5.42. The fraction of sp³-hybridized carbons (Fsp3) is 0.500. The topological polar surface area (TPSA) is 66.4 Å². The molecule has 0 saturated heterocycles. The second-order valence-electron chi connectivity index (χ2n) is 2.52. The number of hydrogen-bond acceptors (Lipinski definition) is 5. The van der Waals surface area contributed by atoms with Gasteiger partial charge in [0.25, 0.3) is 0 Å². The molecule has 0 spiro atoms. The van der Waals surface area contributed by atoms with Crippen molar-refractivity contribution >= 4 is 11.5 Å². The molecule has 1 rings (SSSR count). The highest BCUT2D eigenvalue weighted by Crippen LogP contribution is 2.11. The highest BCUT2D eigenvalue weighted by Gasteiger charge is 1.93. The van der Waals surface area contributed by atoms with E-state index in [9.17, 15) is 4.91 Å². The molecule has 0 unspecified atom stereocenters. The van der Waals surface area contributed by atoms with Crippen LogP contribution >= 0.6 is 0 Å². The molecule has 0 fully saturated rings. The highest BCUT2D eigenvalue weighted by atomic mass is 16.3. The van der Waals surface area contributed by atoms with Crippen LogP contribution in [0.25, 0.3) is 0 Å². The maximum atomic E-state index is 10.1. The summed E-state index contributed by atoms with van der Waals surface area (Å²) >= 11 is 0. The Morgan fingerprint density at radius 2 is 2.07 bits per heavy atom. The van der Waals surface area contributed by atoms with E-state index in [1.807, 2.05) is 20.9 Å². The van der Waals surface area contributed by atoms with E-state index in [1.54, 1.807) is 12.1 Å². The molecule has 84 valence electrons. The SMILES string of the molecule is CC.CNCCNc1ccc(N=O)cn1. The van der Waals surface area contributed by atoms with Crippen LogP contribution in [0, 0.1) is 4.91 Å². The maximum absolute atomic E-state index is 10.1. The summed E-state index contributed by atoms with van der Waals surface area (Å²) in [7, 11) is 1.88. The van der Waals surface area contributed by atoms with Gasteiger partial charge in [0.1, 0.15) is 11.5 Å². The molecule has 0 aliphatic heterocycles. The summed E-state index contributed by atoms with van der Waals surface area (Å²) in [5.74, 6) is 0.752. The Morgan fingerprint density at radius 1 is 1.33 bits per heavy atom. The molecule has 0 saturated carbocycles. The lowest BCUT2D eigenvalue weighted by Gasteiger charge is -2.03. The van der Waals surface area contributed by atoms with Crippen LogP contribution in [-0.2, 0) is 0 Å². The van der Waals surface area contributed by atoms with Gasteiger partial charge in [-0.05, 0) is 24.4 Å². The first kappa shape index (κ1) is 13.5. The molecule has 0 bridgehead atoms. The number of pyridine rings is 1. The standard InChI is InChI=1S/C8H12N4O.C2H6/c1-9-4-5-10-8-3-2-7(12-13)6-11-8;1-2/h2-3,6,9H,4-5H2,1H3,(H,10,11);1-2H3. The van der Waals surface area contributed by atoms with Gasteiger partial charge in [0, 0.05) is 13.1 Å². The number of likely N-dealkylation sites (N-methyl/N-ethyl adjacent to an activating group) is 1. The van der Waals surface area contributed by atoms with Crippen LogP contribution in [0.3, 0.4) is 0 Å². The third kappa shape index (κ3) is 5.74. The van der Waals surface area contributed by atoms with Gasteiger partial charge in [0.05, 0.1) is 6.20 Å². The van der Waals surface area contributed by atoms with Crippen LogP contribution in [0.4, 0.5) is 11.5 Å². The van der Waals surface area contributed by atoms with Gasteiger partial charge in [-0.3, -0.25) is 0 Å². The van der Waals surface area contributed by atoms with Gasteiger partial charge in [-0.25, -0.2) is 4.98 Å². The molecule has 0 aromatic carbocycles. The fourth-order valence-electron chi connectivity index (χ4n) is 0.860. The van der Waals surface area contributed by atoms with Crippen LogP contribution < -0.4 is 10.6 Å². The van der Waals surface area contributed by atoms with E-state index in [1.165, 1.54) is 6.20 Å². The summed E-state index contributed by atoms with van der Waals surface area (Å²) in [6, 6.07) is 3.36. The first-order valence-electron chi connectivity index (χ1n) is 5.04. The second kappa shape index (κ2) is 9.08. The van der Waals surface area contributed by atoms with E-state index in [4.69, 9.17) is 0 Å². The van der Waals surface area contributed by atoms with Crippen molar-refractivity contribution in [3.8, 4) is 0 Å². The van der Waals surface area contributed by atoms with Crippen LogP contribution in [-0.4, -0.2) is 25.1 Å². The number of nitroso groups, excluding NO2 is 1. The van der Waals surface area contributed by atoms with Gasteiger partial charge < -0.3 is 10.6 Å². The minimum atomic E-state index is 0.346. The van der Waals surface area contributed by atoms with E-state index in [0.29, 0.717) is 5.69 Å². The first-order chi connectivity index (χ1) is 7.36. The smallest absolute Gasteiger partial charge is 0.126 e. The molecule has 0 amide bonds. The molecule has 5 heteroatoms. The summed E-state index contributed by atoms with van der Waals surface area (Å²) in [5.41, 5.74) is 0.346. The molecule has 1 heterocycles. The van der Waals surface area contributed by atoms with Crippen LogP contribution in [0.1, 0.15) is 13.8 Å². The third-order valence-electron chi connectivity index (χ3n) is 1.53. The molecule has 1 aromatic heterocycles. The Bertz CT molecular complexity index is 261. The minimum Gasteiger partial charge on any atom is -0.369 e. The summed E-state index contributed by atoms with van der Waals surface area (Å²) in [4.78, 5) is 14.0. The van der Waals surface area contributed by atoms with Crippen molar-refractivity contribution in [2.45, 2.75) is 13.8 Å². The normalized spacial score (nSPS) is 8.73. The predicted molar refractivity (Wildman–Crippen MR) is 63.5 cm³/mol. The van der Waals surface area contributed by atoms with Gasteiger partial charge in [0.2, 0.25) is 0 Å². The number of hydrogen-bond donors (Lipinski definition) is 2. The Kier molecular flexibility index (Phi) is 8.18. The summed E-state index contributed by atoms with van der Waals surface area (Å²) < 4.78 is 0. The van der Waals surface area contributed by atoms with Crippen molar-refractivity contribution in [3.63, 3.8) is 0 Å². The molecule has 2 N–H and O–H groups in total. The molecular formula is C10H18N4O. The van der Waals surface area contributed by atoms with Crippen molar-refractivity contribution in [1.29, 1.82) is 0 Å². The largest absolute Gasteiger partial charge is 0.369 e. The molecular weight excluding hydrogens is 192 g/mol. The van der Waals surface area contributed by atoms with Crippen molar-refractivity contribution in [3.05, 3.63) is 23.2 Å². The molecule has 5 nitrogen and oxygen atoms in total. The monoisotopic (exact) mass is 210 g/mol. The van der Waals surface area contributed by atoms with Crippen LogP contribution in [0.5, 0.6) is 0 Å². The molecule has 15 heavy (non-hydrogen) atoms. The van der Waals surface area contributed by atoms with Crippen LogP contribution in [0.2, 0.25) is 0 Å². The molecule has 1 aromatic rings. The molecule has 0 aliphatic rings. The average Bonchev–Trinajstić information content (AvgIpc) is 2.33. The number of rotatable bonds is 5. The van der Waals surface area contributed by atoms with Gasteiger partial charge >= 0.3 is 0 Å². The van der Waals surface area contributed by atoms with Gasteiger partial charge in [-0.2, -0.15) is 0 Å². The third-order valence-corrected chi connectivity index (χ3v) is 1.53. The number of anilines is 1. The van der Waals surface area contributed by atoms with E-state index >= 15 is 0 Å². The lowest BCUT2D eigenvalue weighted by atomic mass is 10.4. The zero-order valence-corrected chi connectivity index (χ0v) is 9.45. The average molecular weight is 210 g/mol. The van der Waals surface area contributed by atoms with Crippen molar-refractivity contribution in [1.82, 2.24) is 10.3 Å². The van der Waals surface area contributed by atoms with Crippen molar-refractivity contribution in [2.75, 3.05) is 25.5 Å². The summed E-state index contributed by atoms with van der Waals surface area (Å²) in [6.07, 6.45) is 1.44. The maximum Gasteiger partial charge on any atom is 0.126 e. The predicted octanol–water partition coefficient (Wildman–Crippen LogP) is 2.14. The van der Waals surface area contributed by atoms with Gasteiger partial charge in [-0.1, -0.05) is 13.8 Å². The minimum absolute atomic E-state index is 0.346. The van der Waals surface area contributed by atoms with E-state index < -0.39 is 0 Å². The Balaban J connectivity index is 0.000000921. The van der Waals surface area contributed by atoms with E-state index in [0.717, 1.165) is 18.9 Å².